The molecule has 1 aromatic heterocycles. The first-order chi connectivity index (χ1) is 10.8. The van der Waals surface area contributed by atoms with Crippen molar-refractivity contribution in [1.82, 2.24) is 25.5 Å². The Balaban J connectivity index is 1.66. The van der Waals surface area contributed by atoms with E-state index in [9.17, 15) is 4.79 Å². The lowest BCUT2D eigenvalue weighted by Gasteiger charge is -2.17. The van der Waals surface area contributed by atoms with Gasteiger partial charge in [-0.1, -0.05) is 30.3 Å². The number of benzene rings is 1. The zero-order valence-electron chi connectivity index (χ0n) is 12.3. The van der Waals surface area contributed by atoms with Crippen molar-refractivity contribution < 1.29 is 9.53 Å². The van der Waals surface area contributed by atoms with Crippen LogP contribution in [0.4, 0.5) is 0 Å². The summed E-state index contributed by atoms with van der Waals surface area (Å²) in [6.45, 7) is 2.13. The molecule has 1 aromatic carbocycles. The van der Waals surface area contributed by atoms with Crippen molar-refractivity contribution in [2.45, 2.75) is 18.9 Å². The summed E-state index contributed by atoms with van der Waals surface area (Å²) < 4.78 is 6.84. The summed E-state index contributed by atoms with van der Waals surface area (Å²) in [6.07, 6.45) is 3.03. The average Bonchev–Trinajstić information content (AvgIpc) is 3.24. The first-order valence-corrected chi connectivity index (χ1v) is 7.45. The molecular formula is C15H19N5O2. The molecular weight excluding hydrogens is 282 g/mol. The van der Waals surface area contributed by atoms with E-state index in [1.165, 1.54) is 11.0 Å². The van der Waals surface area contributed by atoms with Gasteiger partial charge >= 0.3 is 0 Å². The zero-order valence-corrected chi connectivity index (χ0v) is 12.3. The monoisotopic (exact) mass is 301 g/mol. The van der Waals surface area contributed by atoms with Gasteiger partial charge in [0.05, 0.1) is 6.61 Å². The number of nitrogens with one attached hydrogen (secondary N) is 1. The maximum Gasteiger partial charge on any atom is 0.245 e. The van der Waals surface area contributed by atoms with Crippen LogP contribution in [-0.2, 0) is 16.0 Å². The van der Waals surface area contributed by atoms with Crippen LogP contribution in [0.2, 0.25) is 0 Å². The number of rotatable bonds is 6. The second-order valence-corrected chi connectivity index (χ2v) is 5.47. The molecule has 7 nitrogen and oxygen atoms in total. The predicted octanol–water partition coefficient (Wildman–Crippen LogP) is 0.610. The van der Waals surface area contributed by atoms with E-state index in [4.69, 9.17) is 4.74 Å². The van der Waals surface area contributed by atoms with Crippen molar-refractivity contribution in [2.75, 3.05) is 19.8 Å². The van der Waals surface area contributed by atoms with Gasteiger partial charge in [0.2, 0.25) is 5.91 Å². The fourth-order valence-corrected chi connectivity index (χ4v) is 2.56. The third kappa shape index (κ3) is 3.67. The molecule has 1 N–H and O–H groups in total. The Hall–Kier alpha value is -2.28. The van der Waals surface area contributed by atoms with Crippen LogP contribution in [0.5, 0.6) is 0 Å². The maximum atomic E-state index is 12.5. The molecule has 0 radical (unpaired) electrons. The van der Waals surface area contributed by atoms with Crippen molar-refractivity contribution in [3.63, 3.8) is 0 Å². The van der Waals surface area contributed by atoms with Crippen molar-refractivity contribution >= 4 is 5.91 Å². The highest BCUT2D eigenvalue weighted by Crippen LogP contribution is 2.15. The van der Waals surface area contributed by atoms with Crippen LogP contribution in [-0.4, -0.2) is 45.9 Å². The van der Waals surface area contributed by atoms with Crippen LogP contribution in [0.3, 0.4) is 0 Å². The number of carbonyl (C=O) groups is 1. The Labute approximate surface area is 128 Å². The Morgan fingerprint density at radius 2 is 2.27 bits per heavy atom. The molecule has 1 aliphatic heterocycles. The van der Waals surface area contributed by atoms with Crippen LogP contribution in [0, 0.1) is 5.92 Å². The van der Waals surface area contributed by atoms with Gasteiger partial charge in [-0.3, -0.25) is 4.79 Å². The number of tetrazole rings is 1. The molecule has 2 atom stereocenters. The van der Waals surface area contributed by atoms with Crippen molar-refractivity contribution in [1.29, 1.82) is 0 Å². The van der Waals surface area contributed by atoms with Gasteiger partial charge in [0.15, 0.2) is 0 Å². The van der Waals surface area contributed by atoms with E-state index in [0.29, 0.717) is 25.5 Å². The Morgan fingerprint density at radius 3 is 2.95 bits per heavy atom. The lowest BCUT2D eigenvalue weighted by molar-refractivity contribution is -0.124. The van der Waals surface area contributed by atoms with Gasteiger partial charge in [0.1, 0.15) is 12.4 Å². The van der Waals surface area contributed by atoms with Gasteiger partial charge in [0.25, 0.3) is 0 Å². The number of hydrogen-bond acceptors (Lipinski definition) is 5. The fraction of sp³-hybridized carbons (Fsp3) is 0.467. The minimum absolute atomic E-state index is 0.0666. The molecule has 2 aromatic rings. The van der Waals surface area contributed by atoms with E-state index in [1.807, 2.05) is 30.3 Å². The minimum Gasteiger partial charge on any atom is -0.381 e. The molecule has 22 heavy (non-hydrogen) atoms. The summed E-state index contributed by atoms with van der Waals surface area (Å²) in [5, 5.41) is 14.2. The summed E-state index contributed by atoms with van der Waals surface area (Å²) in [4.78, 5) is 12.5. The van der Waals surface area contributed by atoms with Gasteiger partial charge < -0.3 is 10.1 Å². The van der Waals surface area contributed by atoms with Gasteiger partial charge in [-0.15, -0.1) is 5.10 Å². The quantitative estimate of drug-likeness (QED) is 0.845. The molecule has 1 saturated heterocycles. The SMILES string of the molecule is O=C(NC[C@@H]1CCOC1)[C@@H](Cc1ccccc1)n1cnnn1. The van der Waals surface area contributed by atoms with E-state index in [2.05, 4.69) is 20.8 Å². The number of ether oxygens (including phenoxy) is 1. The third-order valence-electron chi connectivity index (χ3n) is 3.85. The van der Waals surface area contributed by atoms with E-state index in [1.54, 1.807) is 0 Å². The predicted molar refractivity (Wildman–Crippen MR) is 78.9 cm³/mol. The van der Waals surface area contributed by atoms with Crippen LogP contribution in [0.25, 0.3) is 0 Å². The standard InChI is InChI=1S/C15H19N5O2/c21-15(16-9-13-6-7-22-10-13)14(20-11-17-18-19-20)8-12-4-2-1-3-5-12/h1-5,11,13-14H,6-10H2,(H,16,21)/t13-,14+/m0/s1. The second kappa shape index (κ2) is 7.13. The zero-order chi connectivity index (χ0) is 15.2. The maximum absolute atomic E-state index is 12.5. The van der Waals surface area contributed by atoms with Gasteiger partial charge in [-0.2, -0.15) is 0 Å². The first kappa shape index (κ1) is 14.6. The first-order valence-electron chi connectivity index (χ1n) is 7.45. The second-order valence-electron chi connectivity index (χ2n) is 5.47. The minimum atomic E-state index is -0.445. The molecule has 116 valence electrons. The lowest BCUT2D eigenvalue weighted by atomic mass is 10.0. The summed E-state index contributed by atoms with van der Waals surface area (Å²) in [6, 6.07) is 9.42. The van der Waals surface area contributed by atoms with Crippen LogP contribution in [0.1, 0.15) is 18.0 Å². The summed E-state index contributed by atoms with van der Waals surface area (Å²) >= 11 is 0. The molecule has 0 unspecified atom stereocenters. The molecule has 0 spiro atoms. The average molecular weight is 301 g/mol. The van der Waals surface area contributed by atoms with E-state index in [0.717, 1.165) is 18.6 Å². The van der Waals surface area contributed by atoms with Crippen LogP contribution < -0.4 is 5.32 Å². The van der Waals surface area contributed by atoms with Crippen LogP contribution in [0.15, 0.2) is 36.7 Å². The topological polar surface area (TPSA) is 81.9 Å². The highest BCUT2D eigenvalue weighted by molar-refractivity contribution is 5.80. The van der Waals surface area contributed by atoms with E-state index in [-0.39, 0.29) is 5.91 Å². The summed E-state index contributed by atoms with van der Waals surface area (Å²) in [5.41, 5.74) is 1.07. The molecule has 0 bridgehead atoms. The number of carbonyl (C=O) groups excluding carboxylic acids is 1. The molecule has 1 amide bonds. The molecule has 1 aliphatic rings. The number of nitrogens with zero attached hydrogens (tertiary/aromatic N) is 4. The molecule has 1 fully saturated rings. The van der Waals surface area contributed by atoms with Crippen molar-refractivity contribution in [3.8, 4) is 0 Å². The normalized spacial score (nSPS) is 19.0. The smallest absolute Gasteiger partial charge is 0.245 e. The lowest BCUT2D eigenvalue weighted by Crippen LogP contribution is -2.37. The Bertz CT molecular complexity index is 581. The summed E-state index contributed by atoms with van der Waals surface area (Å²) in [5.74, 6) is 0.332. The largest absolute Gasteiger partial charge is 0.381 e. The summed E-state index contributed by atoms with van der Waals surface area (Å²) in [7, 11) is 0. The van der Waals surface area contributed by atoms with Gasteiger partial charge in [-0.05, 0) is 22.4 Å². The molecule has 2 heterocycles. The molecule has 3 rings (SSSR count). The number of aromatic nitrogens is 4. The Morgan fingerprint density at radius 1 is 1.41 bits per heavy atom. The Kier molecular flexibility index (Phi) is 4.75. The fourth-order valence-electron chi connectivity index (χ4n) is 2.56. The van der Waals surface area contributed by atoms with Crippen LogP contribution >= 0.6 is 0 Å². The van der Waals surface area contributed by atoms with E-state index < -0.39 is 6.04 Å². The molecule has 0 saturated carbocycles. The highest BCUT2D eigenvalue weighted by atomic mass is 16.5. The highest BCUT2D eigenvalue weighted by Gasteiger charge is 2.24. The third-order valence-corrected chi connectivity index (χ3v) is 3.85. The number of amides is 1. The van der Waals surface area contributed by atoms with E-state index >= 15 is 0 Å². The van der Waals surface area contributed by atoms with Crippen molar-refractivity contribution in [2.24, 2.45) is 5.92 Å². The molecule has 0 aliphatic carbocycles. The van der Waals surface area contributed by atoms with Crippen molar-refractivity contribution in [3.05, 3.63) is 42.2 Å². The number of hydrogen-bond donors (Lipinski definition) is 1. The van der Waals surface area contributed by atoms with Gasteiger partial charge in [0, 0.05) is 25.5 Å². The molecule has 7 heteroatoms. The van der Waals surface area contributed by atoms with Gasteiger partial charge in [-0.25, -0.2) is 4.68 Å².